The quantitative estimate of drug-likeness (QED) is 0.507. The monoisotopic (exact) mass is 432 g/mol. The van der Waals surface area contributed by atoms with E-state index in [1.165, 1.54) is 6.07 Å². The minimum absolute atomic E-state index is 0.216. The number of nitrogens with zero attached hydrogens (tertiary/aromatic N) is 5. The predicted octanol–water partition coefficient (Wildman–Crippen LogP) is 4.41. The first kappa shape index (κ1) is 20.4. The number of pyridine rings is 1. The molecule has 8 heteroatoms. The zero-order valence-corrected chi connectivity index (χ0v) is 18.6. The van der Waals surface area contributed by atoms with E-state index in [4.69, 9.17) is 4.98 Å². The lowest BCUT2D eigenvalue weighted by atomic mass is 10.1. The lowest BCUT2D eigenvalue weighted by Gasteiger charge is -2.10. The van der Waals surface area contributed by atoms with Crippen molar-refractivity contribution in [2.45, 2.75) is 46.1 Å². The van der Waals surface area contributed by atoms with E-state index in [0.29, 0.717) is 35.0 Å². The van der Waals surface area contributed by atoms with Gasteiger partial charge in [-0.05, 0) is 45.7 Å². The molecule has 1 aliphatic carbocycles. The Kier molecular flexibility index (Phi) is 4.80. The highest BCUT2D eigenvalue weighted by Gasteiger charge is 2.29. The highest BCUT2D eigenvalue weighted by molar-refractivity contribution is 6.13. The van der Waals surface area contributed by atoms with Crippen LogP contribution >= 0.6 is 0 Å². The second-order valence-corrected chi connectivity index (χ2v) is 8.53. The van der Waals surface area contributed by atoms with Crippen molar-refractivity contribution in [1.29, 1.82) is 0 Å². The number of halogens is 1. The minimum Gasteiger partial charge on any atom is -0.319 e. The van der Waals surface area contributed by atoms with Crippen molar-refractivity contribution in [2.24, 2.45) is 7.05 Å². The number of carbonyl (C=O) groups is 1. The number of nitrogens with one attached hydrogen (secondary N) is 1. The molecule has 0 atom stereocenters. The van der Waals surface area contributed by atoms with E-state index < -0.39 is 0 Å². The Morgan fingerprint density at radius 3 is 2.62 bits per heavy atom. The van der Waals surface area contributed by atoms with Crippen LogP contribution in [0.3, 0.4) is 0 Å². The third kappa shape index (κ3) is 3.45. The van der Waals surface area contributed by atoms with Gasteiger partial charge in [0, 0.05) is 24.2 Å². The van der Waals surface area contributed by atoms with Crippen molar-refractivity contribution >= 4 is 22.6 Å². The molecule has 1 fully saturated rings. The van der Waals surface area contributed by atoms with Crippen molar-refractivity contribution in [3.63, 3.8) is 0 Å². The number of hydrogen-bond acceptors (Lipinski definition) is 4. The summed E-state index contributed by atoms with van der Waals surface area (Å²) in [6, 6.07) is 8.54. The molecule has 5 rings (SSSR count). The Balaban J connectivity index is 1.50. The highest BCUT2D eigenvalue weighted by atomic mass is 19.1. The molecule has 4 aromatic rings. The van der Waals surface area contributed by atoms with Crippen LogP contribution < -0.4 is 5.32 Å². The van der Waals surface area contributed by atoms with Gasteiger partial charge in [0.05, 0.1) is 40.3 Å². The third-order valence-corrected chi connectivity index (χ3v) is 6.13. The smallest absolute Gasteiger partial charge is 0.256 e. The lowest BCUT2D eigenvalue weighted by molar-refractivity contribution is 0.102. The standard InChI is InChI=1S/C24H25FN6O/c1-13-21-18(11-20(16-9-10-16)26-23(21)30(4)28-13)24(32)27-22-14(2)29-31(15(22)3)12-17-7-5-6-8-19(17)25/h5-8,11,16H,9-10,12H2,1-4H3,(H,27,32). The number of fused-ring (bicyclic) bond motifs is 1. The summed E-state index contributed by atoms with van der Waals surface area (Å²) >= 11 is 0. The third-order valence-electron chi connectivity index (χ3n) is 6.13. The van der Waals surface area contributed by atoms with E-state index in [1.807, 2.05) is 33.9 Å². The van der Waals surface area contributed by atoms with Gasteiger partial charge in [0.15, 0.2) is 5.65 Å². The molecule has 3 aromatic heterocycles. The van der Waals surface area contributed by atoms with E-state index in [0.717, 1.165) is 41.0 Å². The van der Waals surface area contributed by atoms with Crippen molar-refractivity contribution in [2.75, 3.05) is 5.32 Å². The van der Waals surface area contributed by atoms with E-state index >= 15 is 0 Å². The molecule has 0 radical (unpaired) electrons. The SMILES string of the molecule is Cc1nn(Cc2ccccc2F)c(C)c1NC(=O)c1cc(C2CC2)nc2c1c(C)nn2C. The summed E-state index contributed by atoms with van der Waals surface area (Å²) in [6.07, 6.45) is 2.19. The fourth-order valence-electron chi connectivity index (χ4n) is 4.23. The van der Waals surface area contributed by atoms with E-state index in [2.05, 4.69) is 15.5 Å². The van der Waals surface area contributed by atoms with Crippen LogP contribution in [0.25, 0.3) is 11.0 Å². The van der Waals surface area contributed by atoms with Crippen molar-refractivity contribution in [1.82, 2.24) is 24.5 Å². The molecule has 1 aliphatic rings. The summed E-state index contributed by atoms with van der Waals surface area (Å²) in [6.45, 7) is 5.90. The lowest BCUT2D eigenvalue weighted by Crippen LogP contribution is -2.15. The molecule has 1 N–H and O–H groups in total. The molecule has 0 spiro atoms. The number of amides is 1. The van der Waals surface area contributed by atoms with Crippen molar-refractivity contribution < 1.29 is 9.18 Å². The second kappa shape index (κ2) is 7.55. The Morgan fingerprint density at radius 2 is 1.91 bits per heavy atom. The van der Waals surface area contributed by atoms with Gasteiger partial charge in [-0.25, -0.2) is 9.37 Å². The number of hydrogen-bond donors (Lipinski definition) is 1. The van der Waals surface area contributed by atoms with Crippen LogP contribution in [0.1, 0.15) is 57.5 Å². The molecular formula is C24H25FN6O. The van der Waals surface area contributed by atoms with Gasteiger partial charge in [0.25, 0.3) is 5.91 Å². The Labute approximate surface area is 185 Å². The summed E-state index contributed by atoms with van der Waals surface area (Å²) in [4.78, 5) is 18.2. The Hall–Kier alpha value is -3.55. The van der Waals surface area contributed by atoms with Crippen LogP contribution in [0.5, 0.6) is 0 Å². The molecule has 3 heterocycles. The van der Waals surface area contributed by atoms with Crippen LogP contribution in [0.2, 0.25) is 0 Å². The van der Waals surface area contributed by atoms with Gasteiger partial charge in [0.2, 0.25) is 0 Å². The molecule has 0 aliphatic heterocycles. The number of carbonyl (C=O) groups excluding carboxylic acids is 1. The van der Waals surface area contributed by atoms with Gasteiger partial charge < -0.3 is 5.32 Å². The van der Waals surface area contributed by atoms with E-state index in [-0.39, 0.29) is 11.7 Å². The first-order valence-corrected chi connectivity index (χ1v) is 10.8. The normalized spacial score (nSPS) is 13.7. The maximum absolute atomic E-state index is 14.1. The molecule has 164 valence electrons. The molecule has 0 unspecified atom stereocenters. The van der Waals surface area contributed by atoms with Crippen LogP contribution in [0, 0.1) is 26.6 Å². The number of benzene rings is 1. The molecule has 32 heavy (non-hydrogen) atoms. The predicted molar refractivity (Wildman–Crippen MR) is 120 cm³/mol. The molecule has 1 amide bonds. The van der Waals surface area contributed by atoms with Crippen LogP contribution in [0.4, 0.5) is 10.1 Å². The first-order valence-electron chi connectivity index (χ1n) is 10.8. The molecule has 1 aromatic carbocycles. The molecule has 0 saturated heterocycles. The summed E-state index contributed by atoms with van der Waals surface area (Å²) < 4.78 is 17.6. The average molecular weight is 433 g/mol. The topological polar surface area (TPSA) is 77.6 Å². The largest absolute Gasteiger partial charge is 0.319 e. The zero-order chi connectivity index (χ0) is 22.6. The zero-order valence-electron chi connectivity index (χ0n) is 18.6. The number of rotatable bonds is 5. The molecule has 0 bridgehead atoms. The molecule has 1 saturated carbocycles. The highest BCUT2D eigenvalue weighted by Crippen LogP contribution is 2.40. The summed E-state index contributed by atoms with van der Waals surface area (Å²) in [7, 11) is 1.85. The summed E-state index contributed by atoms with van der Waals surface area (Å²) in [5.74, 6) is -0.0790. The Morgan fingerprint density at radius 1 is 1.16 bits per heavy atom. The van der Waals surface area contributed by atoms with E-state index in [9.17, 15) is 9.18 Å². The van der Waals surface area contributed by atoms with Crippen LogP contribution in [-0.4, -0.2) is 30.5 Å². The van der Waals surface area contributed by atoms with Gasteiger partial charge in [-0.1, -0.05) is 18.2 Å². The van der Waals surface area contributed by atoms with Gasteiger partial charge >= 0.3 is 0 Å². The summed E-state index contributed by atoms with van der Waals surface area (Å²) in [5, 5.41) is 12.8. The van der Waals surface area contributed by atoms with Crippen LogP contribution in [0.15, 0.2) is 30.3 Å². The maximum Gasteiger partial charge on any atom is 0.256 e. The fraction of sp³-hybridized carbons (Fsp3) is 0.333. The number of aryl methyl sites for hydroxylation is 3. The van der Waals surface area contributed by atoms with Gasteiger partial charge in [-0.15, -0.1) is 0 Å². The summed E-state index contributed by atoms with van der Waals surface area (Å²) in [5.41, 5.74) is 5.65. The first-order chi connectivity index (χ1) is 15.3. The average Bonchev–Trinajstić information content (AvgIpc) is 3.53. The fourth-order valence-corrected chi connectivity index (χ4v) is 4.23. The number of anilines is 1. The maximum atomic E-state index is 14.1. The van der Waals surface area contributed by atoms with Crippen LogP contribution in [-0.2, 0) is 13.6 Å². The van der Waals surface area contributed by atoms with Gasteiger partial charge in [-0.2, -0.15) is 10.2 Å². The van der Waals surface area contributed by atoms with Crippen molar-refractivity contribution in [3.05, 3.63) is 70.1 Å². The van der Waals surface area contributed by atoms with Gasteiger partial charge in [0.1, 0.15) is 5.82 Å². The van der Waals surface area contributed by atoms with Gasteiger partial charge in [-0.3, -0.25) is 14.2 Å². The van der Waals surface area contributed by atoms with E-state index in [1.54, 1.807) is 27.6 Å². The minimum atomic E-state index is -0.274. The number of aromatic nitrogens is 5. The van der Waals surface area contributed by atoms with Crippen molar-refractivity contribution in [3.8, 4) is 0 Å². The Bertz CT molecular complexity index is 1360. The second-order valence-electron chi connectivity index (χ2n) is 8.53. The molecule has 7 nitrogen and oxygen atoms in total. The molecular weight excluding hydrogens is 407 g/mol.